The molecule has 2 heterocycles. The van der Waals surface area contributed by atoms with E-state index in [1.807, 2.05) is 4.90 Å². The zero-order chi connectivity index (χ0) is 13.9. The molecule has 0 N–H and O–H groups in total. The molecule has 0 radical (unpaired) electrons. The van der Waals surface area contributed by atoms with Gasteiger partial charge < -0.3 is 4.90 Å². The number of pyridine rings is 1. The lowest BCUT2D eigenvalue weighted by molar-refractivity contribution is 0.0656. The Morgan fingerprint density at radius 1 is 1.20 bits per heavy atom. The summed E-state index contributed by atoms with van der Waals surface area (Å²) in [5.41, 5.74) is 0.121. The van der Waals surface area contributed by atoms with Gasteiger partial charge in [0.2, 0.25) is 5.95 Å². The van der Waals surface area contributed by atoms with Crippen molar-refractivity contribution >= 4 is 5.91 Å². The number of aromatic nitrogens is 1. The van der Waals surface area contributed by atoms with Crippen molar-refractivity contribution in [3.05, 3.63) is 29.8 Å². The van der Waals surface area contributed by atoms with Gasteiger partial charge in [0.25, 0.3) is 5.91 Å². The molecule has 2 fully saturated rings. The van der Waals surface area contributed by atoms with E-state index in [-0.39, 0.29) is 11.5 Å². The molecule has 3 nitrogen and oxygen atoms in total. The Kier molecular flexibility index (Phi) is 3.99. The third-order valence-electron chi connectivity index (χ3n) is 4.74. The van der Waals surface area contributed by atoms with E-state index in [2.05, 4.69) is 4.98 Å². The monoisotopic (exact) mass is 276 g/mol. The van der Waals surface area contributed by atoms with E-state index >= 15 is 0 Å². The second kappa shape index (κ2) is 5.90. The first-order chi connectivity index (χ1) is 9.77. The van der Waals surface area contributed by atoms with E-state index < -0.39 is 5.95 Å². The molecule has 3 rings (SSSR count). The van der Waals surface area contributed by atoms with Crippen LogP contribution in [-0.2, 0) is 0 Å². The van der Waals surface area contributed by atoms with Gasteiger partial charge in [-0.1, -0.05) is 19.3 Å². The molecule has 1 aliphatic carbocycles. The average molecular weight is 276 g/mol. The lowest BCUT2D eigenvalue weighted by atomic mass is 9.83. The molecule has 1 aromatic rings. The van der Waals surface area contributed by atoms with Crippen LogP contribution in [0.1, 0.15) is 55.3 Å². The minimum Gasteiger partial charge on any atom is -0.335 e. The molecule has 0 aromatic carbocycles. The fourth-order valence-corrected chi connectivity index (χ4v) is 3.75. The van der Waals surface area contributed by atoms with Gasteiger partial charge >= 0.3 is 0 Å². The molecule has 2 aliphatic rings. The van der Waals surface area contributed by atoms with Crippen LogP contribution < -0.4 is 0 Å². The van der Waals surface area contributed by atoms with E-state index in [1.165, 1.54) is 38.3 Å². The van der Waals surface area contributed by atoms with Gasteiger partial charge in [0.15, 0.2) is 0 Å². The SMILES string of the molecule is O=C(c1cccnc1F)N1CCCC1C1CCCCC1. The molecule has 4 heteroatoms. The summed E-state index contributed by atoms with van der Waals surface area (Å²) in [6.45, 7) is 0.758. The summed E-state index contributed by atoms with van der Waals surface area (Å²) in [5, 5.41) is 0. The number of hydrogen-bond acceptors (Lipinski definition) is 2. The Bertz CT molecular complexity index is 485. The summed E-state index contributed by atoms with van der Waals surface area (Å²) < 4.78 is 13.7. The Morgan fingerprint density at radius 3 is 2.75 bits per heavy atom. The van der Waals surface area contributed by atoms with Crippen LogP contribution in [0.5, 0.6) is 0 Å². The highest BCUT2D eigenvalue weighted by Crippen LogP contribution is 2.35. The molecular weight excluding hydrogens is 255 g/mol. The summed E-state index contributed by atoms with van der Waals surface area (Å²) in [7, 11) is 0. The second-order valence-electron chi connectivity index (χ2n) is 5.95. The first-order valence-corrected chi connectivity index (χ1v) is 7.69. The van der Waals surface area contributed by atoms with Crippen molar-refractivity contribution < 1.29 is 9.18 Å². The maximum atomic E-state index is 13.7. The summed E-state index contributed by atoms with van der Waals surface area (Å²) in [5.74, 6) is -0.217. The average Bonchev–Trinajstić information content (AvgIpc) is 2.97. The second-order valence-corrected chi connectivity index (χ2v) is 5.95. The molecule has 1 atom stereocenters. The predicted molar refractivity (Wildman–Crippen MR) is 74.8 cm³/mol. The lowest BCUT2D eigenvalue weighted by Crippen LogP contribution is -2.41. The smallest absolute Gasteiger partial charge is 0.258 e. The van der Waals surface area contributed by atoms with Crippen molar-refractivity contribution in [2.75, 3.05) is 6.54 Å². The molecule has 0 spiro atoms. The molecule has 1 aliphatic heterocycles. The molecule has 1 unspecified atom stereocenters. The van der Waals surface area contributed by atoms with Gasteiger partial charge in [-0.25, -0.2) is 4.98 Å². The van der Waals surface area contributed by atoms with Gasteiger partial charge in [0, 0.05) is 18.8 Å². The zero-order valence-corrected chi connectivity index (χ0v) is 11.7. The van der Waals surface area contributed by atoms with Crippen LogP contribution >= 0.6 is 0 Å². The Labute approximate surface area is 119 Å². The van der Waals surface area contributed by atoms with Crippen LogP contribution in [0.15, 0.2) is 18.3 Å². The minimum atomic E-state index is -0.646. The predicted octanol–water partition coefficient (Wildman–Crippen LogP) is 3.41. The number of rotatable bonds is 2. The number of hydrogen-bond donors (Lipinski definition) is 0. The molecule has 1 amide bonds. The van der Waals surface area contributed by atoms with Gasteiger partial charge in [0.05, 0.1) is 5.56 Å². The largest absolute Gasteiger partial charge is 0.335 e. The maximum Gasteiger partial charge on any atom is 0.258 e. The lowest BCUT2D eigenvalue weighted by Gasteiger charge is -2.34. The number of carbonyl (C=O) groups excluding carboxylic acids is 1. The number of carbonyl (C=O) groups is 1. The van der Waals surface area contributed by atoms with E-state index in [0.717, 1.165) is 19.4 Å². The van der Waals surface area contributed by atoms with Crippen molar-refractivity contribution in [3.8, 4) is 0 Å². The highest BCUT2D eigenvalue weighted by Gasteiger charge is 2.36. The van der Waals surface area contributed by atoms with Crippen molar-refractivity contribution in [2.45, 2.75) is 51.0 Å². The van der Waals surface area contributed by atoms with Crippen LogP contribution in [-0.4, -0.2) is 28.4 Å². The molecular formula is C16H21FN2O. The fraction of sp³-hybridized carbons (Fsp3) is 0.625. The van der Waals surface area contributed by atoms with Gasteiger partial charge in [-0.15, -0.1) is 0 Å². The first kappa shape index (κ1) is 13.5. The van der Waals surface area contributed by atoms with E-state index in [1.54, 1.807) is 12.1 Å². The highest BCUT2D eigenvalue weighted by atomic mass is 19.1. The van der Waals surface area contributed by atoms with Crippen molar-refractivity contribution in [1.29, 1.82) is 0 Å². The standard InChI is InChI=1S/C16H21FN2O/c17-15-13(8-4-10-18-15)16(20)19-11-5-9-14(19)12-6-2-1-3-7-12/h4,8,10,12,14H,1-3,5-7,9,11H2. The quantitative estimate of drug-likeness (QED) is 0.776. The normalized spacial score (nSPS) is 24.1. The number of amides is 1. The van der Waals surface area contributed by atoms with Crippen LogP contribution in [0.4, 0.5) is 4.39 Å². The molecule has 1 aromatic heterocycles. The molecule has 20 heavy (non-hydrogen) atoms. The third kappa shape index (κ3) is 2.56. The Hall–Kier alpha value is -1.45. The summed E-state index contributed by atoms with van der Waals surface area (Å²) in [4.78, 5) is 18.1. The molecule has 1 saturated heterocycles. The fourth-order valence-electron chi connectivity index (χ4n) is 3.75. The van der Waals surface area contributed by atoms with Gasteiger partial charge in [-0.2, -0.15) is 4.39 Å². The van der Waals surface area contributed by atoms with Gasteiger partial charge in [-0.05, 0) is 43.7 Å². The van der Waals surface area contributed by atoms with Crippen molar-refractivity contribution in [3.63, 3.8) is 0 Å². The zero-order valence-electron chi connectivity index (χ0n) is 11.7. The van der Waals surface area contributed by atoms with Gasteiger partial charge in [-0.3, -0.25) is 4.79 Å². The van der Waals surface area contributed by atoms with Crippen LogP contribution in [0.25, 0.3) is 0 Å². The number of likely N-dealkylation sites (tertiary alicyclic amines) is 1. The van der Waals surface area contributed by atoms with Crippen molar-refractivity contribution in [1.82, 2.24) is 9.88 Å². The molecule has 1 saturated carbocycles. The highest BCUT2D eigenvalue weighted by molar-refractivity contribution is 5.94. The van der Waals surface area contributed by atoms with E-state index in [9.17, 15) is 9.18 Å². The topological polar surface area (TPSA) is 33.2 Å². The van der Waals surface area contributed by atoms with Crippen molar-refractivity contribution in [2.24, 2.45) is 5.92 Å². The van der Waals surface area contributed by atoms with Gasteiger partial charge in [0.1, 0.15) is 0 Å². The maximum absolute atomic E-state index is 13.7. The first-order valence-electron chi connectivity index (χ1n) is 7.69. The summed E-state index contributed by atoms with van der Waals surface area (Å²) in [6.07, 6.45) is 9.76. The number of halogens is 1. The molecule has 108 valence electrons. The third-order valence-corrected chi connectivity index (χ3v) is 4.74. The van der Waals surface area contributed by atoms with E-state index in [0.29, 0.717) is 12.0 Å². The van der Waals surface area contributed by atoms with E-state index in [4.69, 9.17) is 0 Å². The van der Waals surface area contributed by atoms with Crippen LogP contribution in [0, 0.1) is 11.9 Å². The van der Waals surface area contributed by atoms with Crippen LogP contribution in [0.3, 0.4) is 0 Å². The summed E-state index contributed by atoms with van der Waals surface area (Å²) >= 11 is 0. The Morgan fingerprint density at radius 2 is 2.00 bits per heavy atom. The van der Waals surface area contributed by atoms with Crippen LogP contribution in [0.2, 0.25) is 0 Å². The summed E-state index contributed by atoms with van der Waals surface area (Å²) in [6, 6.07) is 3.48. The minimum absolute atomic E-state index is 0.121. The number of nitrogens with zero attached hydrogens (tertiary/aromatic N) is 2. The molecule has 0 bridgehead atoms. The Balaban J connectivity index is 1.78.